The predicted octanol–water partition coefficient (Wildman–Crippen LogP) is 2.52. The van der Waals surface area contributed by atoms with Gasteiger partial charge in [0.1, 0.15) is 5.75 Å². The molecule has 0 bridgehead atoms. The van der Waals surface area contributed by atoms with Crippen LogP contribution >= 0.6 is 0 Å². The molecule has 0 saturated heterocycles. The van der Waals surface area contributed by atoms with Crippen molar-refractivity contribution in [2.24, 2.45) is 0 Å². The number of methoxy groups -OCH3 is 1. The first-order chi connectivity index (χ1) is 8.79. The third kappa shape index (κ3) is 1.59. The number of carbonyl (C=O) groups excluding carboxylic acids is 1. The first-order valence-electron chi connectivity index (χ1n) is 5.63. The second-order valence-electron chi connectivity index (χ2n) is 4.02. The molecule has 0 radical (unpaired) electrons. The maximum Gasteiger partial charge on any atom is 0.256 e. The predicted molar refractivity (Wildman–Crippen MR) is 70.3 cm³/mol. The second kappa shape index (κ2) is 4.07. The number of benzene rings is 1. The van der Waals surface area contributed by atoms with Crippen LogP contribution in [-0.4, -0.2) is 18.0 Å². The highest BCUT2D eigenvalue weighted by Gasteiger charge is 2.27. The fraction of sp³-hybridized carbons (Fsp3) is 0.0714. The molecule has 90 valence electrons. The normalized spacial score (nSPS) is 15.6. The molecular weight excluding hydrogens is 228 g/mol. The summed E-state index contributed by atoms with van der Waals surface area (Å²) in [5, 5.41) is 2.83. The topological polar surface area (TPSA) is 54.1 Å². The zero-order valence-electron chi connectivity index (χ0n) is 9.86. The Bertz CT molecular complexity index is 627. The summed E-state index contributed by atoms with van der Waals surface area (Å²) in [5.74, 6) is 0.591. The fourth-order valence-corrected chi connectivity index (χ4v) is 2.11. The van der Waals surface area contributed by atoms with E-state index in [1.54, 1.807) is 7.11 Å². The van der Waals surface area contributed by atoms with E-state index < -0.39 is 0 Å². The number of amides is 1. The van der Waals surface area contributed by atoms with Crippen LogP contribution < -0.4 is 10.1 Å². The van der Waals surface area contributed by atoms with Crippen LogP contribution in [0.5, 0.6) is 5.75 Å². The quantitative estimate of drug-likeness (QED) is 0.792. The maximum atomic E-state index is 12.0. The van der Waals surface area contributed by atoms with Gasteiger partial charge in [0.2, 0.25) is 0 Å². The van der Waals surface area contributed by atoms with E-state index in [0.29, 0.717) is 11.3 Å². The van der Waals surface area contributed by atoms with E-state index in [-0.39, 0.29) is 5.91 Å². The van der Waals surface area contributed by atoms with E-state index >= 15 is 0 Å². The Balaban J connectivity index is 2.17. The summed E-state index contributed by atoms with van der Waals surface area (Å²) >= 11 is 0. The summed E-state index contributed by atoms with van der Waals surface area (Å²) in [6, 6.07) is 9.37. The number of anilines is 1. The SMILES string of the molecule is COc1cccc2c1C(=Cc1ccc[nH]1)C(=O)N2. The molecule has 0 aliphatic carbocycles. The van der Waals surface area contributed by atoms with Gasteiger partial charge < -0.3 is 15.0 Å². The van der Waals surface area contributed by atoms with Crippen molar-refractivity contribution in [3.63, 3.8) is 0 Å². The number of aromatic nitrogens is 1. The van der Waals surface area contributed by atoms with E-state index in [2.05, 4.69) is 10.3 Å². The molecular formula is C14H12N2O2. The fourth-order valence-electron chi connectivity index (χ4n) is 2.11. The Hall–Kier alpha value is -2.49. The number of rotatable bonds is 2. The van der Waals surface area contributed by atoms with E-state index in [9.17, 15) is 4.79 Å². The summed E-state index contributed by atoms with van der Waals surface area (Å²) < 4.78 is 5.31. The van der Waals surface area contributed by atoms with E-state index in [1.807, 2.05) is 42.6 Å². The minimum absolute atomic E-state index is 0.107. The minimum Gasteiger partial charge on any atom is -0.496 e. The van der Waals surface area contributed by atoms with Gasteiger partial charge in [0, 0.05) is 11.9 Å². The number of hydrogen-bond donors (Lipinski definition) is 2. The van der Waals surface area contributed by atoms with Crippen LogP contribution in [-0.2, 0) is 4.79 Å². The van der Waals surface area contributed by atoms with Crippen LogP contribution in [0.25, 0.3) is 11.6 Å². The minimum atomic E-state index is -0.107. The summed E-state index contributed by atoms with van der Waals surface area (Å²) in [5.41, 5.74) is 3.11. The monoisotopic (exact) mass is 240 g/mol. The van der Waals surface area contributed by atoms with Gasteiger partial charge in [-0.3, -0.25) is 4.79 Å². The average molecular weight is 240 g/mol. The van der Waals surface area contributed by atoms with Crippen molar-refractivity contribution in [3.05, 3.63) is 47.8 Å². The summed E-state index contributed by atoms with van der Waals surface area (Å²) in [4.78, 5) is 15.0. The highest BCUT2D eigenvalue weighted by atomic mass is 16.5. The molecule has 18 heavy (non-hydrogen) atoms. The van der Waals surface area contributed by atoms with Crippen LogP contribution in [0.2, 0.25) is 0 Å². The Morgan fingerprint density at radius 3 is 2.83 bits per heavy atom. The van der Waals surface area contributed by atoms with E-state index in [4.69, 9.17) is 4.74 Å². The molecule has 4 heteroatoms. The van der Waals surface area contributed by atoms with Gasteiger partial charge in [0.25, 0.3) is 5.91 Å². The number of hydrogen-bond acceptors (Lipinski definition) is 2. The lowest BCUT2D eigenvalue weighted by Crippen LogP contribution is -2.03. The number of carbonyl (C=O) groups is 1. The number of aromatic amines is 1. The molecule has 1 aromatic carbocycles. The van der Waals surface area contributed by atoms with Crippen molar-refractivity contribution in [2.75, 3.05) is 12.4 Å². The van der Waals surface area contributed by atoms with Crippen LogP contribution in [0.15, 0.2) is 36.5 Å². The van der Waals surface area contributed by atoms with Crippen molar-refractivity contribution in [1.29, 1.82) is 0 Å². The van der Waals surface area contributed by atoms with Gasteiger partial charge in [-0.05, 0) is 30.3 Å². The van der Waals surface area contributed by atoms with Crippen LogP contribution in [0.3, 0.4) is 0 Å². The van der Waals surface area contributed by atoms with Gasteiger partial charge in [-0.2, -0.15) is 0 Å². The Morgan fingerprint density at radius 1 is 1.22 bits per heavy atom. The van der Waals surface area contributed by atoms with Crippen molar-refractivity contribution in [3.8, 4) is 5.75 Å². The lowest BCUT2D eigenvalue weighted by molar-refractivity contribution is -0.110. The Labute approximate surface area is 104 Å². The molecule has 1 aliphatic heterocycles. The van der Waals surface area contributed by atoms with Gasteiger partial charge in [0.05, 0.1) is 23.9 Å². The van der Waals surface area contributed by atoms with Crippen molar-refractivity contribution >= 4 is 23.2 Å². The molecule has 1 aromatic heterocycles. The van der Waals surface area contributed by atoms with Gasteiger partial charge in [-0.1, -0.05) is 6.07 Å². The number of ether oxygens (including phenoxy) is 1. The smallest absolute Gasteiger partial charge is 0.256 e. The molecule has 3 rings (SSSR count). The third-order valence-corrected chi connectivity index (χ3v) is 2.93. The molecule has 0 saturated carbocycles. The molecule has 0 fully saturated rings. The zero-order chi connectivity index (χ0) is 12.5. The van der Waals surface area contributed by atoms with Crippen molar-refractivity contribution in [1.82, 2.24) is 4.98 Å². The molecule has 0 spiro atoms. The van der Waals surface area contributed by atoms with Gasteiger partial charge in [0.15, 0.2) is 0 Å². The Morgan fingerprint density at radius 2 is 2.11 bits per heavy atom. The lowest BCUT2D eigenvalue weighted by atomic mass is 10.0. The number of nitrogens with one attached hydrogen (secondary N) is 2. The van der Waals surface area contributed by atoms with Crippen molar-refractivity contribution in [2.45, 2.75) is 0 Å². The number of H-pyrrole nitrogens is 1. The van der Waals surface area contributed by atoms with Gasteiger partial charge in [-0.15, -0.1) is 0 Å². The van der Waals surface area contributed by atoms with E-state index in [0.717, 1.165) is 16.9 Å². The van der Waals surface area contributed by atoms with Crippen LogP contribution in [0.1, 0.15) is 11.3 Å². The molecule has 0 atom stereocenters. The zero-order valence-corrected chi connectivity index (χ0v) is 9.86. The molecule has 2 heterocycles. The van der Waals surface area contributed by atoms with Crippen LogP contribution in [0.4, 0.5) is 5.69 Å². The average Bonchev–Trinajstić information content (AvgIpc) is 2.98. The molecule has 4 nitrogen and oxygen atoms in total. The Kier molecular flexibility index (Phi) is 2.41. The van der Waals surface area contributed by atoms with E-state index in [1.165, 1.54) is 0 Å². The highest BCUT2D eigenvalue weighted by Crippen LogP contribution is 2.39. The molecule has 2 N–H and O–H groups in total. The standard InChI is InChI=1S/C14H12N2O2/c1-18-12-6-2-5-11-13(12)10(14(17)16-11)8-9-4-3-7-15-9/h2-8,15H,1H3,(H,16,17). The molecule has 2 aromatic rings. The largest absolute Gasteiger partial charge is 0.496 e. The first kappa shape index (κ1) is 10.7. The summed E-state index contributed by atoms with van der Waals surface area (Å²) in [7, 11) is 1.60. The second-order valence-corrected chi connectivity index (χ2v) is 4.02. The number of fused-ring (bicyclic) bond motifs is 1. The third-order valence-electron chi connectivity index (χ3n) is 2.93. The highest BCUT2D eigenvalue weighted by molar-refractivity contribution is 6.35. The summed E-state index contributed by atoms with van der Waals surface area (Å²) in [6.45, 7) is 0. The molecule has 1 aliphatic rings. The molecule has 0 unspecified atom stereocenters. The van der Waals surface area contributed by atoms with Crippen molar-refractivity contribution < 1.29 is 9.53 Å². The van der Waals surface area contributed by atoms with Gasteiger partial charge >= 0.3 is 0 Å². The lowest BCUT2D eigenvalue weighted by Gasteiger charge is -2.05. The maximum absolute atomic E-state index is 12.0. The van der Waals surface area contributed by atoms with Gasteiger partial charge in [-0.25, -0.2) is 0 Å². The first-order valence-corrected chi connectivity index (χ1v) is 5.63. The van der Waals surface area contributed by atoms with Crippen LogP contribution in [0, 0.1) is 0 Å². The molecule has 1 amide bonds. The summed E-state index contributed by atoms with van der Waals surface area (Å²) in [6.07, 6.45) is 3.64.